The first-order chi connectivity index (χ1) is 12.1. The van der Waals surface area contributed by atoms with E-state index in [1.807, 2.05) is 33.8 Å². The first-order valence-electron chi connectivity index (χ1n) is 8.28. The van der Waals surface area contributed by atoms with E-state index in [1.54, 1.807) is 12.1 Å². The molecular weight excluding hydrogens is 356 g/mol. The summed E-state index contributed by atoms with van der Waals surface area (Å²) in [5, 5.41) is 9.25. The fourth-order valence-corrected chi connectivity index (χ4v) is 3.33. The smallest absolute Gasteiger partial charge is 0.336 e. The van der Waals surface area contributed by atoms with Gasteiger partial charge in [-0.1, -0.05) is 31.1 Å². The molecule has 0 aliphatic carbocycles. The maximum absolute atomic E-state index is 12.3. The molecule has 0 bridgehead atoms. The van der Waals surface area contributed by atoms with Crippen LogP contribution in [0.3, 0.4) is 0 Å². The number of hydrogen-bond acceptors (Lipinski definition) is 7. The Balaban J connectivity index is 2.09. The van der Waals surface area contributed by atoms with E-state index in [9.17, 15) is 13.2 Å². The molecule has 2 aromatic rings. The highest BCUT2D eigenvalue weighted by molar-refractivity contribution is 7.91. The fraction of sp³-hybridized carbons (Fsp3) is 0.471. The largest absolute Gasteiger partial charge is 0.411 e. The highest BCUT2D eigenvalue weighted by atomic mass is 32.2. The number of benzene rings is 1. The Labute approximate surface area is 153 Å². The molecule has 1 unspecified atom stereocenters. The molecule has 1 amide bonds. The number of hydrogen-bond donors (Lipinski definition) is 2. The van der Waals surface area contributed by atoms with E-state index < -0.39 is 32.8 Å². The summed E-state index contributed by atoms with van der Waals surface area (Å²) >= 11 is 0. The minimum Gasteiger partial charge on any atom is -0.411 e. The molecule has 1 aromatic carbocycles. The molecule has 1 heterocycles. The van der Waals surface area contributed by atoms with E-state index in [4.69, 9.17) is 10.2 Å². The lowest BCUT2D eigenvalue weighted by atomic mass is 10.1. The van der Waals surface area contributed by atoms with Gasteiger partial charge in [-0.2, -0.15) is 0 Å². The van der Waals surface area contributed by atoms with Crippen LogP contribution in [-0.4, -0.2) is 30.3 Å². The van der Waals surface area contributed by atoms with Crippen molar-refractivity contribution in [2.45, 2.75) is 45.4 Å². The van der Waals surface area contributed by atoms with Gasteiger partial charge in [-0.15, -0.1) is 5.10 Å². The van der Waals surface area contributed by atoms with Gasteiger partial charge >= 0.3 is 5.22 Å². The van der Waals surface area contributed by atoms with Crippen molar-refractivity contribution >= 4 is 21.4 Å². The van der Waals surface area contributed by atoms with Crippen molar-refractivity contribution in [1.82, 2.24) is 10.2 Å². The summed E-state index contributed by atoms with van der Waals surface area (Å²) in [7, 11) is -4.05. The number of aromatic nitrogens is 2. The molecule has 0 aliphatic heterocycles. The zero-order valence-electron chi connectivity index (χ0n) is 15.3. The first kappa shape index (κ1) is 20.1. The summed E-state index contributed by atoms with van der Waals surface area (Å²) in [6, 6.07) is 4.85. The van der Waals surface area contributed by atoms with Crippen molar-refractivity contribution in [3.8, 4) is 0 Å². The summed E-state index contributed by atoms with van der Waals surface area (Å²) in [6.07, 6.45) is 0.578. The van der Waals surface area contributed by atoms with Gasteiger partial charge in [0.2, 0.25) is 21.6 Å². The van der Waals surface area contributed by atoms with Gasteiger partial charge in [0.1, 0.15) is 5.75 Å². The maximum atomic E-state index is 12.3. The van der Waals surface area contributed by atoms with Crippen molar-refractivity contribution < 1.29 is 17.6 Å². The lowest BCUT2D eigenvalue weighted by Crippen LogP contribution is -2.23. The number of nitrogens with zero attached hydrogens (tertiary/aromatic N) is 2. The number of rotatable bonds is 7. The molecule has 8 nitrogen and oxygen atoms in total. The predicted octanol–water partition coefficient (Wildman–Crippen LogP) is 2.14. The molecule has 2 rings (SSSR count). The molecular formula is C17H24N4O4S. The monoisotopic (exact) mass is 380 g/mol. The van der Waals surface area contributed by atoms with E-state index in [0.717, 1.165) is 11.1 Å². The molecule has 1 atom stereocenters. The normalized spacial score (nSPS) is 13.0. The van der Waals surface area contributed by atoms with Crippen LogP contribution < -0.4 is 11.1 Å². The number of nitrogens with one attached hydrogen (secondary N) is 1. The lowest BCUT2D eigenvalue weighted by molar-refractivity contribution is -0.113. The van der Waals surface area contributed by atoms with Crippen molar-refractivity contribution in [3.63, 3.8) is 0 Å². The number of carbonyl (C=O) groups is 1. The van der Waals surface area contributed by atoms with Gasteiger partial charge in [0.05, 0.1) is 6.04 Å². The minimum atomic E-state index is -4.05. The minimum absolute atomic E-state index is 0.0483. The van der Waals surface area contributed by atoms with E-state index in [-0.39, 0.29) is 5.89 Å². The molecule has 26 heavy (non-hydrogen) atoms. The Morgan fingerprint density at radius 2 is 1.96 bits per heavy atom. The van der Waals surface area contributed by atoms with E-state index in [0.29, 0.717) is 18.0 Å². The van der Waals surface area contributed by atoms with Crippen LogP contribution in [0, 0.1) is 19.8 Å². The number of aryl methyl sites for hydroxylation is 1. The Hall–Kier alpha value is -2.26. The van der Waals surface area contributed by atoms with Crippen LogP contribution in [-0.2, 0) is 14.6 Å². The second kappa shape index (κ2) is 7.96. The number of carbonyl (C=O) groups excluding carboxylic acids is 1. The van der Waals surface area contributed by atoms with Crippen LogP contribution in [0.5, 0.6) is 0 Å². The zero-order valence-corrected chi connectivity index (χ0v) is 16.1. The molecule has 0 saturated heterocycles. The molecule has 142 valence electrons. The van der Waals surface area contributed by atoms with Crippen molar-refractivity contribution in [1.29, 1.82) is 0 Å². The first-order valence-corrected chi connectivity index (χ1v) is 9.93. The average Bonchev–Trinajstić information content (AvgIpc) is 3.01. The maximum Gasteiger partial charge on any atom is 0.336 e. The van der Waals surface area contributed by atoms with Crippen molar-refractivity contribution in [2.75, 3.05) is 11.1 Å². The summed E-state index contributed by atoms with van der Waals surface area (Å²) in [6.45, 7) is 7.71. The summed E-state index contributed by atoms with van der Waals surface area (Å²) in [5.41, 5.74) is 8.35. The highest BCUT2D eigenvalue weighted by Gasteiger charge is 2.27. The second-order valence-corrected chi connectivity index (χ2v) is 8.56. The third kappa shape index (κ3) is 4.89. The summed E-state index contributed by atoms with van der Waals surface area (Å²) in [5.74, 6) is -1.13. The molecule has 1 aromatic heterocycles. The SMILES string of the molecule is Cc1cccc(NC(=O)CS(=O)(=O)c2nnc(C(N)CC(C)C)o2)c1C. The van der Waals surface area contributed by atoms with E-state index in [1.165, 1.54) is 0 Å². The van der Waals surface area contributed by atoms with Crippen LogP contribution in [0.2, 0.25) is 0 Å². The molecule has 0 fully saturated rings. The number of anilines is 1. The zero-order chi connectivity index (χ0) is 19.5. The van der Waals surface area contributed by atoms with Gasteiger partial charge in [-0.05, 0) is 43.4 Å². The van der Waals surface area contributed by atoms with Gasteiger partial charge in [0, 0.05) is 5.69 Å². The highest BCUT2D eigenvalue weighted by Crippen LogP contribution is 2.21. The number of sulfone groups is 1. The fourth-order valence-electron chi connectivity index (χ4n) is 2.41. The molecule has 0 aliphatic rings. The van der Waals surface area contributed by atoms with Crippen LogP contribution in [0.15, 0.2) is 27.8 Å². The average molecular weight is 380 g/mol. The van der Waals surface area contributed by atoms with Gasteiger partial charge < -0.3 is 15.5 Å². The summed E-state index contributed by atoms with van der Waals surface area (Å²) in [4.78, 5) is 12.1. The standard InChI is InChI=1S/C17H24N4O4S/c1-10(2)8-13(18)16-20-21-17(25-16)26(23,24)9-15(22)19-14-7-5-6-11(3)12(14)4/h5-7,10,13H,8-9,18H2,1-4H3,(H,19,22). The third-order valence-electron chi connectivity index (χ3n) is 3.93. The number of nitrogens with two attached hydrogens (primary N) is 1. The van der Waals surface area contributed by atoms with Crippen LogP contribution >= 0.6 is 0 Å². The second-order valence-electron chi connectivity index (χ2n) is 6.70. The Morgan fingerprint density at radius 3 is 2.62 bits per heavy atom. The number of amides is 1. The van der Waals surface area contributed by atoms with Crippen molar-refractivity contribution in [3.05, 3.63) is 35.2 Å². The van der Waals surface area contributed by atoms with E-state index >= 15 is 0 Å². The van der Waals surface area contributed by atoms with Crippen LogP contribution in [0.4, 0.5) is 5.69 Å². The Morgan fingerprint density at radius 1 is 1.27 bits per heavy atom. The summed E-state index contributed by atoms with van der Waals surface area (Å²) < 4.78 is 29.9. The van der Waals surface area contributed by atoms with Crippen LogP contribution in [0.1, 0.15) is 43.3 Å². The van der Waals surface area contributed by atoms with Crippen LogP contribution in [0.25, 0.3) is 0 Å². The Bertz CT molecular complexity index is 890. The molecule has 0 saturated carbocycles. The van der Waals surface area contributed by atoms with Gasteiger partial charge in [0.25, 0.3) is 0 Å². The van der Waals surface area contributed by atoms with Crippen molar-refractivity contribution in [2.24, 2.45) is 11.7 Å². The van der Waals surface area contributed by atoms with Gasteiger partial charge in [-0.3, -0.25) is 4.79 Å². The topological polar surface area (TPSA) is 128 Å². The van der Waals surface area contributed by atoms with Gasteiger partial charge in [0.15, 0.2) is 0 Å². The lowest BCUT2D eigenvalue weighted by Gasteiger charge is -2.10. The van der Waals surface area contributed by atoms with E-state index in [2.05, 4.69) is 15.5 Å². The third-order valence-corrected chi connectivity index (χ3v) is 5.27. The molecule has 3 N–H and O–H groups in total. The quantitative estimate of drug-likeness (QED) is 0.753. The van der Waals surface area contributed by atoms with Gasteiger partial charge in [-0.25, -0.2) is 8.42 Å². The Kier molecular flexibility index (Phi) is 6.14. The molecule has 9 heteroatoms. The predicted molar refractivity (Wildman–Crippen MR) is 97.3 cm³/mol. The molecule has 0 radical (unpaired) electrons. The molecule has 0 spiro atoms.